The molecule has 1 aliphatic heterocycles. The van der Waals surface area contributed by atoms with Crippen molar-refractivity contribution in [3.05, 3.63) is 41.9 Å². The van der Waals surface area contributed by atoms with Crippen molar-refractivity contribution in [2.75, 3.05) is 0 Å². The number of fused-ring (bicyclic) bond motifs is 1. The average molecular weight is 330 g/mol. The third-order valence-electron chi connectivity index (χ3n) is 3.97. The monoisotopic (exact) mass is 330 g/mol. The predicted octanol–water partition coefficient (Wildman–Crippen LogP) is 2.93. The largest absolute Gasteiger partial charge is 0.303 e. The van der Waals surface area contributed by atoms with E-state index in [-0.39, 0.29) is 16.6 Å². The van der Waals surface area contributed by atoms with Crippen molar-refractivity contribution < 1.29 is 8.42 Å². The molecule has 0 saturated carbocycles. The number of nitrogens with zero attached hydrogens (tertiary/aromatic N) is 3. The highest BCUT2D eigenvalue weighted by atomic mass is 32.2. The molecule has 1 aromatic heterocycles. The molecule has 1 aliphatic rings. The number of aliphatic imine (C=N–C) groups is 1. The van der Waals surface area contributed by atoms with E-state index < -0.39 is 10.0 Å². The van der Waals surface area contributed by atoms with Gasteiger partial charge in [-0.1, -0.05) is 24.6 Å². The van der Waals surface area contributed by atoms with Gasteiger partial charge in [0, 0.05) is 6.21 Å². The highest BCUT2D eigenvalue weighted by Crippen LogP contribution is 2.29. The van der Waals surface area contributed by atoms with E-state index in [1.54, 1.807) is 30.5 Å². The first-order chi connectivity index (χ1) is 10.9. The summed E-state index contributed by atoms with van der Waals surface area (Å²) < 4.78 is 26.7. The zero-order valence-corrected chi connectivity index (χ0v) is 13.8. The van der Waals surface area contributed by atoms with Crippen molar-refractivity contribution in [1.82, 2.24) is 8.96 Å². The lowest BCUT2D eigenvalue weighted by Crippen LogP contribution is -2.12. The standard InChI is InChI=1S/C16H18N4O2S/c1-3-12-8-14(17)15-16(18-9-12)20(10-19-15)23(21,22)13-6-4-11(2)5-7-13/h4-7,9-10,12,17H,3,8H2,1-2H3. The number of hydrogen-bond acceptors (Lipinski definition) is 5. The Kier molecular flexibility index (Phi) is 3.89. The van der Waals surface area contributed by atoms with Crippen LogP contribution in [0.3, 0.4) is 0 Å². The maximum atomic E-state index is 12.8. The Hall–Kier alpha value is -2.28. The summed E-state index contributed by atoms with van der Waals surface area (Å²) in [5, 5.41) is 8.14. The summed E-state index contributed by atoms with van der Waals surface area (Å²) in [4.78, 5) is 8.62. The molecular formula is C16H18N4O2S. The third kappa shape index (κ3) is 2.72. The summed E-state index contributed by atoms with van der Waals surface area (Å²) in [5.41, 5.74) is 1.65. The molecule has 0 saturated heterocycles. The Labute approximate surface area is 135 Å². The normalized spacial score (nSPS) is 17.8. The Morgan fingerprint density at radius 3 is 2.65 bits per heavy atom. The molecule has 6 nitrogen and oxygen atoms in total. The van der Waals surface area contributed by atoms with Crippen molar-refractivity contribution in [3.63, 3.8) is 0 Å². The van der Waals surface area contributed by atoms with Crippen molar-refractivity contribution in [2.24, 2.45) is 10.9 Å². The summed E-state index contributed by atoms with van der Waals surface area (Å²) in [6, 6.07) is 6.64. The zero-order valence-electron chi connectivity index (χ0n) is 13.0. The van der Waals surface area contributed by atoms with Crippen LogP contribution in [0.4, 0.5) is 5.82 Å². The van der Waals surface area contributed by atoms with Crippen molar-refractivity contribution in [2.45, 2.75) is 31.6 Å². The van der Waals surface area contributed by atoms with Gasteiger partial charge in [0.05, 0.1) is 10.6 Å². The molecule has 0 fully saturated rings. The average Bonchev–Trinajstić information content (AvgIpc) is 2.90. The van der Waals surface area contributed by atoms with Crippen LogP contribution in [0.15, 0.2) is 40.5 Å². The summed E-state index contributed by atoms with van der Waals surface area (Å²) in [6.45, 7) is 3.92. The van der Waals surface area contributed by atoms with Gasteiger partial charge >= 0.3 is 0 Å². The van der Waals surface area contributed by atoms with E-state index in [1.807, 2.05) is 13.8 Å². The smallest absolute Gasteiger partial charge is 0.270 e. The fourth-order valence-electron chi connectivity index (χ4n) is 2.49. The molecule has 0 spiro atoms. The second kappa shape index (κ2) is 5.73. The van der Waals surface area contributed by atoms with Gasteiger partial charge in [-0.3, -0.25) is 0 Å². The molecule has 0 amide bonds. The summed E-state index contributed by atoms with van der Waals surface area (Å²) in [7, 11) is -3.77. The van der Waals surface area contributed by atoms with Gasteiger partial charge in [-0.25, -0.2) is 22.4 Å². The lowest BCUT2D eigenvalue weighted by molar-refractivity contribution is 0.587. The molecule has 2 heterocycles. The fourth-order valence-corrected chi connectivity index (χ4v) is 3.73. The lowest BCUT2D eigenvalue weighted by Gasteiger charge is -2.07. The number of hydrogen-bond donors (Lipinski definition) is 1. The molecule has 7 heteroatoms. The first kappa shape index (κ1) is 15.6. The van der Waals surface area contributed by atoms with Crippen LogP contribution in [0.1, 0.15) is 31.0 Å². The highest BCUT2D eigenvalue weighted by Gasteiger charge is 2.27. The first-order valence-electron chi connectivity index (χ1n) is 7.45. The van der Waals surface area contributed by atoms with Crippen LogP contribution in [-0.4, -0.2) is 29.3 Å². The maximum Gasteiger partial charge on any atom is 0.270 e. The molecule has 1 aromatic carbocycles. The minimum absolute atomic E-state index is 0.132. The SMILES string of the molecule is CCC1C=Nc2c(ncn2S(=O)(=O)c2ccc(C)cc2)C(=N)C1. The van der Waals surface area contributed by atoms with Gasteiger partial charge in [-0.05, 0) is 37.8 Å². The Bertz CT molecular complexity index is 879. The number of rotatable bonds is 3. The molecule has 3 rings (SSSR count). The highest BCUT2D eigenvalue weighted by molar-refractivity contribution is 7.90. The second-order valence-corrected chi connectivity index (χ2v) is 7.47. The number of aryl methyl sites for hydroxylation is 1. The number of benzene rings is 1. The van der Waals surface area contributed by atoms with Crippen molar-refractivity contribution >= 4 is 27.8 Å². The van der Waals surface area contributed by atoms with E-state index in [0.717, 1.165) is 16.0 Å². The van der Waals surface area contributed by atoms with Crippen LogP contribution < -0.4 is 0 Å². The van der Waals surface area contributed by atoms with E-state index >= 15 is 0 Å². The molecular weight excluding hydrogens is 312 g/mol. The quantitative estimate of drug-likeness (QED) is 0.938. The van der Waals surface area contributed by atoms with Gasteiger partial charge in [0.15, 0.2) is 5.82 Å². The third-order valence-corrected chi connectivity index (χ3v) is 5.63. The van der Waals surface area contributed by atoms with Crippen LogP contribution in [0.25, 0.3) is 0 Å². The summed E-state index contributed by atoms with van der Waals surface area (Å²) in [6.07, 6.45) is 4.33. The second-order valence-electron chi connectivity index (χ2n) is 5.66. The number of imidazole rings is 1. The first-order valence-corrected chi connectivity index (χ1v) is 8.89. The van der Waals surface area contributed by atoms with Gasteiger partial charge in [0.25, 0.3) is 10.0 Å². The van der Waals surface area contributed by atoms with Gasteiger partial charge in [0.1, 0.15) is 12.0 Å². The van der Waals surface area contributed by atoms with E-state index in [1.165, 1.54) is 6.33 Å². The van der Waals surface area contributed by atoms with E-state index in [2.05, 4.69) is 9.98 Å². The lowest BCUT2D eigenvalue weighted by atomic mass is 10.0. The molecule has 1 unspecified atom stereocenters. The van der Waals surface area contributed by atoms with E-state index in [4.69, 9.17) is 5.41 Å². The topological polar surface area (TPSA) is 88.2 Å². The van der Waals surface area contributed by atoms with Crippen molar-refractivity contribution in [3.8, 4) is 0 Å². The minimum atomic E-state index is -3.77. The predicted molar refractivity (Wildman–Crippen MR) is 89.4 cm³/mol. The van der Waals surface area contributed by atoms with Gasteiger partial charge in [-0.2, -0.15) is 0 Å². The summed E-state index contributed by atoms with van der Waals surface area (Å²) >= 11 is 0. The van der Waals surface area contributed by atoms with Crippen molar-refractivity contribution in [1.29, 1.82) is 5.41 Å². The van der Waals surface area contributed by atoms with Crippen LogP contribution in [0.2, 0.25) is 0 Å². The van der Waals surface area contributed by atoms with Gasteiger partial charge < -0.3 is 5.41 Å². The van der Waals surface area contributed by atoms with Gasteiger partial charge in [0.2, 0.25) is 0 Å². The fraction of sp³-hybridized carbons (Fsp3) is 0.312. The van der Waals surface area contributed by atoms with Crippen LogP contribution in [-0.2, 0) is 10.0 Å². The number of nitrogens with one attached hydrogen (secondary N) is 1. The zero-order chi connectivity index (χ0) is 16.6. The molecule has 0 radical (unpaired) electrons. The minimum Gasteiger partial charge on any atom is -0.303 e. The molecule has 0 bridgehead atoms. The number of aromatic nitrogens is 2. The van der Waals surface area contributed by atoms with E-state index in [9.17, 15) is 8.42 Å². The van der Waals surface area contributed by atoms with E-state index in [0.29, 0.717) is 17.8 Å². The molecule has 23 heavy (non-hydrogen) atoms. The Morgan fingerprint density at radius 1 is 1.30 bits per heavy atom. The molecule has 1 N–H and O–H groups in total. The van der Waals surface area contributed by atoms with Crippen LogP contribution in [0.5, 0.6) is 0 Å². The molecule has 2 aromatic rings. The Balaban J connectivity index is 2.12. The maximum absolute atomic E-state index is 12.8. The summed E-state index contributed by atoms with van der Waals surface area (Å²) in [5.74, 6) is 0.346. The molecule has 120 valence electrons. The van der Waals surface area contributed by atoms with Crippen LogP contribution in [0, 0.1) is 18.3 Å². The molecule has 0 aliphatic carbocycles. The molecule has 1 atom stereocenters. The van der Waals surface area contributed by atoms with Gasteiger partial charge in [-0.15, -0.1) is 0 Å². The Morgan fingerprint density at radius 2 is 2.00 bits per heavy atom. The van der Waals surface area contributed by atoms with Crippen LogP contribution >= 0.6 is 0 Å².